The van der Waals surface area contributed by atoms with Gasteiger partial charge in [-0.1, -0.05) is 6.07 Å². The number of hydrogen-bond acceptors (Lipinski definition) is 3. The van der Waals surface area contributed by atoms with Crippen LogP contribution in [0.4, 0.5) is 5.69 Å². The Morgan fingerprint density at radius 3 is 2.73 bits per heavy atom. The summed E-state index contributed by atoms with van der Waals surface area (Å²) in [5.74, 6) is 0.651. The van der Waals surface area contributed by atoms with E-state index in [1.54, 1.807) is 0 Å². The highest BCUT2D eigenvalue weighted by atomic mass is 16.5. The molecule has 0 saturated carbocycles. The molecule has 0 unspecified atom stereocenters. The molecule has 0 bridgehead atoms. The first kappa shape index (κ1) is 7.88. The average molecular weight is 152 g/mol. The lowest BCUT2D eigenvalue weighted by atomic mass is 10.2. The van der Waals surface area contributed by atoms with Crippen LogP contribution in [0.5, 0.6) is 5.75 Å². The number of nitrogen functional groups attached to an aromatic ring is 1. The lowest BCUT2D eigenvalue weighted by molar-refractivity contribution is 0.331. The van der Waals surface area contributed by atoms with Gasteiger partial charge in [-0.2, -0.15) is 0 Å². The van der Waals surface area contributed by atoms with E-state index in [4.69, 9.17) is 16.2 Å². The molecule has 0 aliphatic rings. The van der Waals surface area contributed by atoms with Crippen molar-refractivity contribution < 1.29 is 4.74 Å². The summed E-state index contributed by atoms with van der Waals surface area (Å²) < 4.78 is 5.04. The van der Waals surface area contributed by atoms with Crippen molar-refractivity contribution in [1.29, 1.82) is 0 Å². The van der Waals surface area contributed by atoms with Crippen molar-refractivity contribution in [2.75, 3.05) is 12.5 Å². The van der Waals surface area contributed by atoms with Crippen molar-refractivity contribution in [2.45, 2.75) is 6.92 Å². The van der Waals surface area contributed by atoms with Gasteiger partial charge in [0.1, 0.15) is 12.5 Å². The Hall–Kier alpha value is -1.22. The number of benzene rings is 1. The van der Waals surface area contributed by atoms with Crippen LogP contribution in [0.2, 0.25) is 0 Å². The Labute approximate surface area is 66.0 Å². The standard InChI is InChI=1S/C8H12N2O/c1-6-2-3-8(11-5-9)7(10)4-6/h2-4H,5,9-10H2,1H3. The summed E-state index contributed by atoms with van der Waals surface area (Å²) in [7, 11) is 0. The average Bonchev–Trinajstić information content (AvgIpc) is 1.95. The third-order valence-electron chi connectivity index (χ3n) is 1.40. The second-order valence-electron chi connectivity index (χ2n) is 2.35. The molecule has 0 saturated heterocycles. The molecule has 0 spiro atoms. The van der Waals surface area contributed by atoms with Crippen LogP contribution in [-0.2, 0) is 0 Å². The van der Waals surface area contributed by atoms with E-state index in [-0.39, 0.29) is 6.73 Å². The smallest absolute Gasteiger partial charge is 0.144 e. The van der Waals surface area contributed by atoms with E-state index in [9.17, 15) is 0 Å². The minimum absolute atomic E-state index is 0.160. The monoisotopic (exact) mass is 152 g/mol. The summed E-state index contributed by atoms with van der Waals surface area (Å²) in [4.78, 5) is 0. The molecule has 0 aliphatic carbocycles. The largest absolute Gasteiger partial charge is 0.476 e. The molecule has 0 aliphatic heterocycles. The number of rotatable bonds is 2. The maximum Gasteiger partial charge on any atom is 0.144 e. The van der Waals surface area contributed by atoms with Gasteiger partial charge in [0.15, 0.2) is 0 Å². The zero-order chi connectivity index (χ0) is 8.27. The summed E-state index contributed by atoms with van der Waals surface area (Å²) in [6, 6.07) is 5.60. The van der Waals surface area contributed by atoms with Gasteiger partial charge in [-0.25, -0.2) is 0 Å². The third kappa shape index (κ3) is 1.85. The van der Waals surface area contributed by atoms with Crippen LogP contribution >= 0.6 is 0 Å². The van der Waals surface area contributed by atoms with Gasteiger partial charge in [0, 0.05) is 0 Å². The Morgan fingerprint density at radius 2 is 2.18 bits per heavy atom. The van der Waals surface area contributed by atoms with E-state index in [1.165, 1.54) is 0 Å². The van der Waals surface area contributed by atoms with E-state index in [1.807, 2.05) is 25.1 Å². The SMILES string of the molecule is Cc1ccc(OCN)c(N)c1. The summed E-state index contributed by atoms with van der Waals surface area (Å²) in [5, 5.41) is 0. The van der Waals surface area contributed by atoms with Gasteiger partial charge in [-0.15, -0.1) is 0 Å². The summed E-state index contributed by atoms with van der Waals surface area (Å²) in [6.45, 7) is 2.13. The van der Waals surface area contributed by atoms with Crippen LogP contribution in [0, 0.1) is 6.92 Å². The molecule has 4 N–H and O–H groups in total. The molecule has 0 radical (unpaired) electrons. The second kappa shape index (κ2) is 3.25. The van der Waals surface area contributed by atoms with Crippen molar-refractivity contribution in [3.05, 3.63) is 23.8 Å². The topological polar surface area (TPSA) is 61.3 Å². The number of anilines is 1. The minimum Gasteiger partial charge on any atom is -0.476 e. The van der Waals surface area contributed by atoms with Crippen LogP contribution < -0.4 is 16.2 Å². The summed E-state index contributed by atoms with van der Waals surface area (Å²) in [6.07, 6.45) is 0. The number of ether oxygens (including phenoxy) is 1. The number of nitrogens with two attached hydrogens (primary N) is 2. The zero-order valence-electron chi connectivity index (χ0n) is 6.50. The van der Waals surface area contributed by atoms with Crippen molar-refractivity contribution in [1.82, 2.24) is 0 Å². The molecular weight excluding hydrogens is 140 g/mol. The van der Waals surface area contributed by atoms with E-state index in [2.05, 4.69) is 0 Å². The normalized spacial score (nSPS) is 9.64. The molecule has 1 rings (SSSR count). The van der Waals surface area contributed by atoms with E-state index in [0.717, 1.165) is 5.56 Å². The first-order chi connectivity index (χ1) is 5.24. The van der Waals surface area contributed by atoms with Crippen LogP contribution in [0.25, 0.3) is 0 Å². The molecule has 0 fully saturated rings. The Morgan fingerprint density at radius 1 is 1.45 bits per heavy atom. The molecule has 1 aromatic rings. The van der Waals surface area contributed by atoms with Gasteiger partial charge >= 0.3 is 0 Å². The first-order valence-electron chi connectivity index (χ1n) is 3.43. The number of aryl methyl sites for hydroxylation is 1. The Kier molecular flexibility index (Phi) is 2.33. The third-order valence-corrected chi connectivity index (χ3v) is 1.40. The highest BCUT2D eigenvalue weighted by molar-refractivity contribution is 5.53. The van der Waals surface area contributed by atoms with Gasteiger partial charge in [-0.3, -0.25) is 5.73 Å². The van der Waals surface area contributed by atoms with Gasteiger partial charge in [0.05, 0.1) is 5.69 Å². The molecule has 3 nitrogen and oxygen atoms in total. The highest BCUT2D eigenvalue weighted by Crippen LogP contribution is 2.21. The van der Waals surface area contributed by atoms with Gasteiger partial charge < -0.3 is 10.5 Å². The molecule has 0 atom stereocenters. The van der Waals surface area contributed by atoms with E-state index >= 15 is 0 Å². The molecular formula is C8H12N2O. The van der Waals surface area contributed by atoms with Crippen LogP contribution in [0.15, 0.2) is 18.2 Å². The zero-order valence-corrected chi connectivity index (χ0v) is 6.50. The Bertz CT molecular complexity index is 248. The fourth-order valence-electron chi connectivity index (χ4n) is 0.889. The van der Waals surface area contributed by atoms with E-state index < -0.39 is 0 Å². The second-order valence-corrected chi connectivity index (χ2v) is 2.35. The number of hydrogen-bond donors (Lipinski definition) is 2. The minimum atomic E-state index is 0.160. The fourth-order valence-corrected chi connectivity index (χ4v) is 0.889. The van der Waals surface area contributed by atoms with Crippen molar-refractivity contribution in [3.8, 4) is 5.75 Å². The van der Waals surface area contributed by atoms with Gasteiger partial charge in [0.2, 0.25) is 0 Å². The molecule has 0 heterocycles. The lowest BCUT2D eigenvalue weighted by Crippen LogP contribution is -2.08. The van der Waals surface area contributed by atoms with Crippen molar-refractivity contribution in [2.24, 2.45) is 5.73 Å². The Balaban J connectivity index is 2.90. The first-order valence-corrected chi connectivity index (χ1v) is 3.43. The summed E-state index contributed by atoms with van der Waals surface area (Å²) in [5.41, 5.74) is 12.6. The van der Waals surface area contributed by atoms with Crippen LogP contribution in [0.1, 0.15) is 5.56 Å². The highest BCUT2D eigenvalue weighted by Gasteiger charge is 1.97. The molecule has 3 heteroatoms. The maximum atomic E-state index is 5.63. The van der Waals surface area contributed by atoms with E-state index in [0.29, 0.717) is 11.4 Å². The summed E-state index contributed by atoms with van der Waals surface area (Å²) >= 11 is 0. The quantitative estimate of drug-likeness (QED) is 0.488. The fraction of sp³-hybridized carbons (Fsp3) is 0.250. The molecule has 0 amide bonds. The molecule has 11 heavy (non-hydrogen) atoms. The lowest BCUT2D eigenvalue weighted by Gasteiger charge is -2.05. The molecule has 60 valence electrons. The van der Waals surface area contributed by atoms with Crippen molar-refractivity contribution in [3.63, 3.8) is 0 Å². The van der Waals surface area contributed by atoms with Crippen LogP contribution in [0.3, 0.4) is 0 Å². The van der Waals surface area contributed by atoms with Gasteiger partial charge in [-0.05, 0) is 24.6 Å². The molecule has 0 aromatic heterocycles. The maximum absolute atomic E-state index is 5.63. The van der Waals surface area contributed by atoms with Crippen LogP contribution in [-0.4, -0.2) is 6.73 Å². The predicted octanol–water partition coefficient (Wildman–Crippen LogP) is 0.872. The molecule has 1 aromatic carbocycles. The van der Waals surface area contributed by atoms with Crippen molar-refractivity contribution >= 4 is 5.69 Å². The van der Waals surface area contributed by atoms with Gasteiger partial charge in [0.25, 0.3) is 0 Å². The predicted molar refractivity (Wildman–Crippen MR) is 45.3 cm³/mol.